The van der Waals surface area contributed by atoms with Crippen LogP contribution in [0.2, 0.25) is 0 Å². The van der Waals surface area contributed by atoms with Gasteiger partial charge in [-0.05, 0) is 53.8 Å². The van der Waals surface area contributed by atoms with Gasteiger partial charge in [0.05, 0.1) is 23.6 Å². The first-order valence-corrected chi connectivity index (χ1v) is 13.6. The number of likely N-dealkylation sites (tertiary alicyclic amines) is 1. The summed E-state index contributed by atoms with van der Waals surface area (Å²) in [5.41, 5.74) is -0.160. The van der Waals surface area contributed by atoms with Crippen LogP contribution in [-0.4, -0.2) is 55.8 Å². The van der Waals surface area contributed by atoms with Crippen LogP contribution in [0.3, 0.4) is 0 Å². The Hall–Kier alpha value is -3.38. The van der Waals surface area contributed by atoms with Crippen LogP contribution >= 0.6 is 0 Å². The molecule has 3 aliphatic rings. The third kappa shape index (κ3) is 4.70. The van der Waals surface area contributed by atoms with E-state index < -0.39 is 41.0 Å². The molecule has 1 saturated heterocycles. The molecule has 1 atom stereocenters. The fourth-order valence-electron chi connectivity index (χ4n) is 6.57. The van der Waals surface area contributed by atoms with E-state index in [2.05, 4.69) is 10.2 Å². The van der Waals surface area contributed by atoms with E-state index in [1.807, 2.05) is 6.07 Å². The molecule has 12 heteroatoms. The summed E-state index contributed by atoms with van der Waals surface area (Å²) in [5.74, 6) is -3.62. The molecule has 0 bridgehead atoms. The zero-order valence-electron chi connectivity index (χ0n) is 22.6. The van der Waals surface area contributed by atoms with Crippen LogP contribution in [0.5, 0.6) is 0 Å². The maximum atomic E-state index is 14.2. The van der Waals surface area contributed by atoms with Crippen molar-refractivity contribution in [3.63, 3.8) is 0 Å². The Labute approximate surface area is 233 Å². The van der Waals surface area contributed by atoms with Gasteiger partial charge in [-0.1, -0.05) is 19.1 Å². The number of carbonyl (C=O) groups excluding carboxylic acids is 1. The summed E-state index contributed by atoms with van der Waals surface area (Å²) in [6.45, 7) is 1.34. The van der Waals surface area contributed by atoms with Gasteiger partial charge in [0, 0.05) is 50.3 Å². The number of rotatable bonds is 5. The Morgan fingerprint density at radius 1 is 1.15 bits per heavy atom. The highest BCUT2D eigenvalue weighted by molar-refractivity contribution is 6.10. The highest BCUT2D eigenvalue weighted by atomic mass is 19.4. The molecule has 6 rings (SSSR count). The van der Waals surface area contributed by atoms with Crippen LogP contribution in [0.4, 0.5) is 27.6 Å². The standard InChI is InChI=1S/C29H30F5N5O2/c1-17-13-38(7-6-28(17,30)31)14-18-8-22-23(24(9-18)29(32,33)34)15-39(25(22)41)20-5-3-4-19(10-20)27(11-21(40)12-27)26-36-35-16-37(26)2/h3-5,8-10,16-17,21,40H,6-7,11-15H2,1-2H3/t17-,21-,27+/m1/s1. The van der Waals surface area contributed by atoms with E-state index in [9.17, 15) is 31.9 Å². The Bertz CT molecular complexity index is 1500. The molecule has 3 heterocycles. The fourth-order valence-corrected chi connectivity index (χ4v) is 6.57. The molecule has 2 fully saturated rings. The number of halogens is 5. The predicted molar refractivity (Wildman–Crippen MR) is 139 cm³/mol. The largest absolute Gasteiger partial charge is 0.416 e. The second-order valence-corrected chi connectivity index (χ2v) is 11.7. The Kier molecular flexibility index (Phi) is 6.49. The zero-order chi connectivity index (χ0) is 29.3. The third-order valence-corrected chi connectivity index (χ3v) is 8.85. The number of aliphatic hydroxyl groups is 1. The van der Waals surface area contributed by atoms with E-state index in [0.717, 1.165) is 11.6 Å². The van der Waals surface area contributed by atoms with E-state index in [-0.39, 0.29) is 49.3 Å². The summed E-state index contributed by atoms with van der Waals surface area (Å²) in [7, 11) is 1.80. The summed E-state index contributed by atoms with van der Waals surface area (Å²) >= 11 is 0. The molecule has 1 aliphatic carbocycles. The molecular formula is C29H30F5N5O2. The van der Waals surface area contributed by atoms with Gasteiger partial charge in [-0.3, -0.25) is 9.69 Å². The van der Waals surface area contributed by atoms with Crippen LogP contribution in [0.15, 0.2) is 42.7 Å². The summed E-state index contributed by atoms with van der Waals surface area (Å²) in [5, 5.41) is 18.4. The second-order valence-electron chi connectivity index (χ2n) is 11.7. The van der Waals surface area contributed by atoms with Gasteiger partial charge in [0.1, 0.15) is 12.2 Å². The highest BCUT2D eigenvalue weighted by Gasteiger charge is 2.50. The molecule has 41 heavy (non-hydrogen) atoms. The number of anilines is 1. The van der Waals surface area contributed by atoms with E-state index in [4.69, 9.17) is 0 Å². The van der Waals surface area contributed by atoms with Crippen LogP contribution in [0.1, 0.15) is 64.6 Å². The Balaban J connectivity index is 1.32. The minimum absolute atomic E-state index is 0.0299. The van der Waals surface area contributed by atoms with Gasteiger partial charge in [0.15, 0.2) is 0 Å². The molecular weight excluding hydrogens is 545 g/mol. The third-order valence-electron chi connectivity index (χ3n) is 8.85. The normalized spacial score (nSPS) is 26.2. The van der Waals surface area contributed by atoms with Crippen molar-refractivity contribution in [3.8, 4) is 0 Å². The van der Waals surface area contributed by atoms with E-state index in [1.165, 1.54) is 17.9 Å². The van der Waals surface area contributed by atoms with Crippen molar-refractivity contribution in [2.24, 2.45) is 13.0 Å². The molecule has 1 N–H and O–H groups in total. The molecule has 2 aliphatic heterocycles. The number of alkyl halides is 5. The fraction of sp³-hybridized carbons (Fsp3) is 0.483. The van der Waals surface area contributed by atoms with Gasteiger partial charge in [0.2, 0.25) is 0 Å². The minimum atomic E-state index is -4.70. The number of amides is 1. The van der Waals surface area contributed by atoms with Gasteiger partial charge in [-0.25, -0.2) is 8.78 Å². The van der Waals surface area contributed by atoms with Crippen molar-refractivity contribution < 1.29 is 31.9 Å². The molecule has 1 saturated carbocycles. The van der Waals surface area contributed by atoms with E-state index in [0.29, 0.717) is 24.4 Å². The van der Waals surface area contributed by atoms with Gasteiger partial charge in [-0.2, -0.15) is 13.2 Å². The van der Waals surface area contributed by atoms with Crippen LogP contribution < -0.4 is 4.90 Å². The summed E-state index contributed by atoms with van der Waals surface area (Å²) in [6, 6.07) is 9.57. The van der Waals surface area contributed by atoms with Crippen molar-refractivity contribution >= 4 is 11.6 Å². The number of hydrogen-bond acceptors (Lipinski definition) is 5. The maximum Gasteiger partial charge on any atom is 0.416 e. The second kappa shape index (κ2) is 9.59. The molecule has 218 valence electrons. The topological polar surface area (TPSA) is 74.5 Å². The average molecular weight is 576 g/mol. The number of aliphatic hydroxyl groups excluding tert-OH is 1. The number of nitrogens with zero attached hydrogens (tertiary/aromatic N) is 5. The number of carbonyl (C=O) groups is 1. The van der Waals surface area contributed by atoms with Crippen molar-refractivity contribution in [2.75, 3.05) is 18.0 Å². The molecule has 1 aromatic heterocycles. The number of fused-ring (bicyclic) bond motifs is 1. The van der Waals surface area contributed by atoms with Crippen LogP contribution in [0.25, 0.3) is 0 Å². The van der Waals surface area contributed by atoms with Crippen molar-refractivity contribution in [1.29, 1.82) is 0 Å². The zero-order valence-corrected chi connectivity index (χ0v) is 22.6. The van der Waals surface area contributed by atoms with E-state index >= 15 is 0 Å². The van der Waals surface area contributed by atoms with Crippen LogP contribution in [-0.2, 0) is 31.7 Å². The number of aromatic nitrogens is 3. The summed E-state index contributed by atoms with van der Waals surface area (Å²) < 4.78 is 72.4. The number of hydrogen-bond donors (Lipinski definition) is 1. The van der Waals surface area contributed by atoms with Gasteiger partial charge >= 0.3 is 6.18 Å². The van der Waals surface area contributed by atoms with Crippen molar-refractivity contribution in [3.05, 3.63) is 76.4 Å². The molecule has 0 unspecified atom stereocenters. The number of aryl methyl sites for hydroxylation is 1. The SMILES string of the molecule is C[C@@H]1CN(Cc2cc3c(c(C(F)(F)F)c2)CN(c2cccc([C@]4(c5nncn5C)C[C@@H](O)C4)c2)C3=O)CCC1(F)F. The van der Waals surface area contributed by atoms with Gasteiger partial charge < -0.3 is 14.6 Å². The van der Waals surface area contributed by atoms with E-state index in [1.54, 1.807) is 41.0 Å². The lowest BCUT2D eigenvalue weighted by Crippen LogP contribution is -2.47. The molecule has 7 nitrogen and oxygen atoms in total. The van der Waals surface area contributed by atoms with Crippen molar-refractivity contribution in [2.45, 2.75) is 62.9 Å². The first-order chi connectivity index (χ1) is 19.3. The maximum absolute atomic E-state index is 14.2. The van der Waals surface area contributed by atoms with Crippen molar-refractivity contribution in [1.82, 2.24) is 19.7 Å². The summed E-state index contributed by atoms with van der Waals surface area (Å²) in [6.07, 6.45) is -3.22. The lowest BCUT2D eigenvalue weighted by atomic mass is 9.62. The number of benzene rings is 2. The molecule has 2 aromatic carbocycles. The predicted octanol–water partition coefficient (Wildman–Crippen LogP) is 4.91. The quantitative estimate of drug-likeness (QED) is 0.438. The van der Waals surface area contributed by atoms with Gasteiger partial charge in [-0.15, -0.1) is 10.2 Å². The van der Waals surface area contributed by atoms with Gasteiger partial charge in [0.25, 0.3) is 11.8 Å². The average Bonchev–Trinajstić information content (AvgIpc) is 3.46. The molecule has 0 radical (unpaired) electrons. The lowest BCUT2D eigenvalue weighted by Gasteiger charge is -2.45. The lowest BCUT2D eigenvalue weighted by molar-refractivity contribution is -0.138. The molecule has 0 spiro atoms. The first kappa shape index (κ1) is 27.8. The molecule has 3 aromatic rings. The minimum Gasteiger partial charge on any atom is -0.393 e. The van der Waals surface area contributed by atoms with Crippen LogP contribution in [0, 0.1) is 5.92 Å². The Morgan fingerprint density at radius 3 is 2.54 bits per heavy atom. The highest BCUT2D eigenvalue weighted by Crippen LogP contribution is 2.49. The first-order valence-electron chi connectivity index (χ1n) is 13.6. The summed E-state index contributed by atoms with van der Waals surface area (Å²) in [4.78, 5) is 16.7. The molecule has 1 amide bonds. The smallest absolute Gasteiger partial charge is 0.393 e. The monoisotopic (exact) mass is 575 g/mol. The number of piperidine rings is 1. The Morgan fingerprint density at radius 2 is 1.90 bits per heavy atom.